The normalized spacial score (nSPS) is 9.72. The standard InChI is InChI=1S/C15H11NOS/c16-10-12-6-8-13(9-7-12)11-18-15(17)14-4-2-1-3-5-14/h1-9H,11H2. The number of carbonyl (C=O) groups is 1. The van der Waals surface area contributed by atoms with E-state index in [1.165, 1.54) is 11.8 Å². The molecule has 0 heterocycles. The monoisotopic (exact) mass is 253 g/mol. The van der Waals surface area contributed by atoms with Crippen LogP contribution in [-0.2, 0) is 5.75 Å². The number of nitriles is 1. The molecule has 88 valence electrons. The zero-order valence-electron chi connectivity index (χ0n) is 9.67. The van der Waals surface area contributed by atoms with Crippen LogP contribution in [0, 0.1) is 11.3 Å². The van der Waals surface area contributed by atoms with Crippen molar-refractivity contribution in [3.8, 4) is 6.07 Å². The first-order valence-electron chi connectivity index (χ1n) is 5.51. The van der Waals surface area contributed by atoms with Gasteiger partial charge in [0.15, 0.2) is 0 Å². The van der Waals surface area contributed by atoms with Crippen LogP contribution in [0.25, 0.3) is 0 Å². The van der Waals surface area contributed by atoms with Gasteiger partial charge in [0.25, 0.3) is 0 Å². The molecule has 2 aromatic rings. The second-order valence-corrected chi connectivity index (χ2v) is 4.70. The van der Waals surface area contributed by atoms with Gasteiger partial charge in [-0.2, -0.15) is 5.26 Å². The van der Waals surface area contributed by atoms with Gasteiger partial charge in [0.2, 0.25) is 5.12 Å². The summed E-state index contributed by atoms with van der Waals surface area (Å²) in [5.41, 5.74) is 2.40. The minimum atomic E-state index is 0.0694. The van der Waals surface area contributed by atoms with Crippen LogP contribution in [0.2, 0.25) is 0 Å². The fourth-order valence-corrected chi connectivity index (χ4v) is 2.27. The van der Waals surface area contributed by atoms with E-state index in [4.69, 9.17) is 5.26 Å². The third-order valence-electron chi connectivity index (χ3n) is 2.46. The molecule has 0 N–H and O–H groups in total. The Kier molecular flexibility index (Phi) is 4.16. The molecule has 0 saturated heterocycles. The predicted molar refractivity (Wildman–Crippen MR) is 73.2 cm³/mol. The molecular formula is C15H11NOS. The number of nitrogens with zero attached hydrogens (tertiary/aromatic N) is 1. The average molecular weight is 253 g/mol. The molecule has 0 amide bonds. The van der Waals surface area contributed by atoms with Crippen molar-refractivity contribution in [3.63, 3.8) is 0 Å². The summed E-state index contributed by atoms with van der Waals surface area (Å²) in [4.78, 5) is 11.9. The van der Waals surface area contributed by atoms with Crippen LogP contribution in [0.15, 0.2) is 54.6 Å². The third-order valence-corrected chi connectivity index (χ3v) is 3.44. The van der Waals surface area contributed by atoms with Crippen LogP contribution in [-0.4, -0.2) is 5.12 Å². The molecule has 0 aliphatic rings. The summed E-state index contributed by atoms with van der Waals surface area (Å²) in [7, 11) is 0. The second-order valence-electron chi connectivity index (χ2n) is 3.75. The molecule has 0 fully saturated rings. The molecule has 0 aliphatic heterocycles. The summed E-state index contributed by atoms with van der Waals surface area (Å²) in [6, 6.07) is 18.6. The van der Waals surface area contributed by atoms with E-state index in [1.807, 2.05) is 42.5 Å². The van der Waals surface area contributed by atoms with E-state index >= 15 is 0 Å². The molecule has 3 heteroatoms. The number of carbonyl (C=O) groups excluding carboxylic acids is 1. The number of benzene rings is 2. The molecule has 2 rings (SSSR count). The summed E-state index contributed by atoms with van der Waals surface area (Å²) in [6.45, 7) is 0. The summed E-state index contributed by atoms with van der Waals surface area (Å²) in [6.07, 6.45) is 0. The number of hydrogen-bond donors (Lipinski definition) is 0. The van der Waals surface area contributed by atoms with Crippen LogP contribution in [0.1, 0.15) is 21.5 Å². The molecule has 0 atom stereocenters. The van der Waals surface area contributed by atoms with Crippen molar-refractivity contribution in [1.82, 2.24) is 0 Å². The van der Waals surface area contributed by atoms with Gasteiger partial charge < -0.3 is 0 Å². The van der Waals surface area contributed by atoms with E-state index in [9.17, 15) is 4.79 Å². The maximum atomic E-state index is 11.9. The van der Waals surface area contributed by atoms with Gasteiger partial charge in [-0.1, -0.05) is 54.2 Å². The van der Waals surface area contributed by atoms with E-state index in [0.717, 1.165) is 11.1 Å². The van der Waals surface area contributed by atoms with E-state index < -0.39 is 0 Å². The van der Waals surface area contributed by atoms with Gasteiger partial charge >= 0.3 is 0 Å². The lowest BCUT2D eigenvalue weighted by Gasteiger charge is -2.01. The molecule has 0 bridgehead atoms. The summed E-state index contributed by atoms with van der Waals surface area (Å²) < 4.78 is 0. The lowest BCUT2D eigenvalue weighted by molar-refractivity contribution is 0.108. The van der Waals surface area contributed by atoms with Crippen molar-refractivity contribution < 1.29 is 4.79 Å². The maximum Gasteiger partial charge on any atom is 0.219 e. The Hall–Kier alpha value is -2.05. The Bertz CT molecular complexity index is 570. The second kappa shape index (κ2) is 6.04. The average Bonchev–Trinajstić information content (AvgIpc) is 2.46. The molecule has 2 aromatic carbocycles. The summed E-state index contributed by atoms with van der Waals surface area (Å²) in [5, 5.41) is 8.76. The molecule has 0 unspecified atom stereocenters. The molecule has 2 nitrogen and oxygen atoms in total. The van der Waals surface area contributed by atoms with Crippen molar-refractivity contribution >= 4 is 16.9 Å². The number of hydrogen-bond acceptors (Lipinski definition) is 3. The van der Waals surface area contributed by atoms with Crippen molar-refractivity contribution in [3.05, 3.63) is 71.3 Å². The SMILES string of the molecule is N#Cc1ccc(CSC(=O)c2ccccc2)cc1. The first-order chi connectivity index (χ1) is 8.79. The third kappa shape index (κ3) is 3.22. The Labute approximate surface area is 110 Å². The smallest absolute Gasteiger partial charge is 0.219 e. The summed E-state index contributed by atoms with van der Waals surface area (Å²) >= 11 is 1.27. The van der Waals surface area contributed by atoms with Gasteiger partial charge in [0.05, 0.1) is 11.6 Å². The minimum absolute atomic E-state index is 0.0694. The van der Waals surface area contributed by atoms with Crippen molar-refractivity contribution in [2.45, 2.75) is 5.75 Å². The van der Waals surface area contributed by atoms with Crippen LogP contribution in [0.3, 0.4) is 0 Å². The van der Waals surface area contributed by atoms with Gasteiger partial charge in [-0.15, -0.1) is 0 Å². The van der Waals surface area contributed by atoms with E-state index in [-0.39, 0.29) is 5.12 Å². The Morgan fingerprint density at radius 3 is 2.33 bits per heavy atom. The quantitative estimate of drug-likeness (QED) is 0.838. The Balaban J connectivity index is 1.95. The van der Waals surface area contributed by atoms with Crippen LogP contribution < -0.4 is 0 Å². The van der Waals surface area contributed by atoms with E-state index in [2.05, 4.69) is 6.07 Å². The lowest BCUT2D eigenvalue weighted by Crippen LogP contribution is -1.93. The predicted octanol–water partition coefficient (Wildman–Crippen LogP) is 3.63. The fourth-order valence-electron chi connectivity index (χ4n) is 1.48. The highest BCUT2D eigenvalue weighted by atomic mass is 32.2. The highest BCUT2D eigenvalue weighted by Gasteiger charge is 2.05. The molecule has 0 spiro atoms. The van der Waals surface area contributed by atoms with E-state index in [1.54, 1.807) is 12.1 Å². The highest BCUT2D eigenvalue weighted by molar-refractivity contribution is 8.13. The van der Waals surface area contributed by atoms with Gasteiger partial charge in [-0.3, -0.25) is 4.79 Å². The van der Waals surface area contributed by atoms with Crippen molar-refractivity contribution in [2.24, 2.45) is 0 Å². The van der Waals surface area contributed by atoms with Gasteiger partial charge in [0.1, 0.15) is 0 Å². The molecule has 0 saturated carbocycles. The van der Waals surface area contributed by atoms with Gasteiger partial charge in [-0.25, -0.2) is 0 Å². The summed E-state index contributed by atoms with van der Waals surface area (Å²) in [5.74, 6) is 0.624. The Morgan fingerprint density at radius 2 is 1.72 bits per heavy atom. The molecule has 0 aromatic heterocycles. The van der Waals surface area contributed by atoms with E-state index in [0.29, 0.717) is 11.3 Å². The molecular weight excluding hydrogens is 242 g/mol. The van der Waals surface area contributed by atoms with Crippen molar-refractivity contribution in [2.75, 3.05) is 0 Å². The van der Waals surface area contributed by atoms with Crippen LogP contribution in [0.4, 0.5) is 0 Å². The zero-order chi connectivity index (χ0) is 12.8. The lowest BCUT2D eigenvalue weighted by atomic mass is 10.2. The minimum Gasteiger partial charge on any atom is -0.282 e. The van der Waals surface area contributed by atoms with Crippen LogP contribution >= 0.6 is 11.8 Å². The van der Waals surface area contributed by atoms with Crippen LogP contribution in [0.5, 0.6) is 0 Å². The highest BCUT2D eigenvalue weighted by Crippen LogP contribution is 2.18. The fraction of sp³-hybridized carbons (Fsp3) is 0.0667. The molecule has 0 radical (unpaired) electrons. The molecule has 0 aliphatic carbocycles. The number of thioether (sulfide) groups is 1. The zero-order valence-corrected chi connectivity index (χ0v) is 10.5. The van der Waals surface area contributed by atoms with Crippen molar-refractivity contribution in [1.29, 1.82) is 5.26 Å². The first-order valence-corrected chi connectivity index (χ1v) is 6.49. The molecule has 18 heavy (non-hydrogen) atoms. The topological polar surface area (TPSA) is 40.9 Å². The maximum absolute atomic E-state index is 11.9. The first kappa shape index (κ1) is 12.4. The Morgan fingerprint density at radius 1 is 1.06 bits per heavy atom. The number of rotatable bonds is 3. The van der Waals surface area contributed by atoms with Gasteiger partial charge in [0, 0.05) is 11.3 Å². The van der Waals surface area contributed by atoms with Gasteiger partial charge in [-0.05, 0) is 17.7 Å². The largest absolute Gasteiger partial charge is 0.282 e.